The number of rotatable bonds is 7. The second-order valence-corrected chi connectivity index (χ2v) is 9.93. The van der Waals surface area contributed by atoms with E-state index in [0.717, 1.165) is 51.4 Å². The van der Waals surface area contributed by atoms with Crippen molar-refractivity contribution in [2.45, 2.75) is 53.7 Å². The average molecular weight is 514 g/mol. The Hall–Kier alpha value is -3.77. The lowest BCUT2D eigenvalue weighted by atomic mass is 9.91. The Morgan fingerprint density at radius 1 is 0.946 bits per heavy atom. The SMILES string of the molecule is CCc1nc2c(C)c(Cl)c(C)nc2n1Cc1ccc(-c2ccccc2-c2c(OC(C)C)c(=O)c2=O)cc1. The largest absolute Gasteiger partial charge is 0.486 e. The van der Waals surface area contributed by atoms with Crippen LogP contribution < -0.4 is 15.6 Å². The first-order valence-corrected chi connectivity index (χ1v) is 12.8. The molecule has 7 heteroatoms. The maximum absolute atomic E-state index is 12.5. The quantitative estimate of drug-likeness (QED) is 0.248. The van der Waals surface area contributed by atoms with Crippen molar-refractivity contribution in [2.75, 3.05) is 0 Å². The van der Waals surface area contributed by atoms with Gasteiger partial charge in [-0.3, -0.25) is 9.59 Å². The summed E-state index contributed by atoms with van der Waals surface area (Å²) in [4.78, 5) is 34.2. The van der Waals surface area contributed by atoms with Crippen molar-refractivity contribution in [1.82, 2.24) is 14.5 Å². The first-order chi connectivity index (χ1) is 17.7. The molecule has 0 atom stereocenters. The number of benzene rings is 2. The van der Waals surface area contributed by atoms with Gasteiger partial charge in [-0.25, -0.2) is 9.97 Å². The van der Waals surface area contributed by atoms with E-state index in [1.165, 1.54) is 0 Å². The molecule has 0 aliphatic heterocycles. The Labute approximate surface area is 220 Å². The molecule has 0 N–H and O–H groups in total. The maximum Gasteiger partial charge on any atom is 0.268 e. The van der Waals surface area contributed by atoms with Crippen LogP contribution >= 0.6 is 11.6 Å². The van der Waals surface area contributed by atoms with Crippen molar-refractivity contribution in [2.24, 2.45) is 0 Å². The minimum atomic E-state index is -0.562. The normalized spacial score (nSPS) is 11.6. The third kappa shape index (κ3) is 4.25. The van der Waals surface area contributed by atoms with Gasteiger partial charge in [-0.05, 0) is 55.5 Å². The lowest BCUT2D eigenvalue weighted by Crippen LogP contribution is -2.35. The van der Waals surface area contributed by atoms with E-state index in [1.807, 2.05) is 64.1 Å². The number of pyridine rings is 1. The van der Waals surface area contributed by atoms with Crippen LogP contribution in [-0.4, -0.2) is 20.6 Å². The molecule has 2 aromatic heterocycles. The molecule has 2 heterocycles. The number of aromatic nitrogens is 3. The van der Waals surface area contributed by atoms with Gasteiger partial charge in [-0.15, -0.1) is 0 Å². The Bertz CT molecular complexity index is 1710. The number of hydrogen-bond donors (Lipinski definition) is 0. The number of fused-ring (bicyclic) bond motifs is 1. The van der Waals surface area contributed by atoms with Gasteiger partial charge in [0, 0.05) is 6.42 Å². The Morgan fingerprint density at radius 3 is 2.27 bits per heavy atom. The molecular formula is C30H28ClN3O3. The van der Waals surface area contributed by atoms with Crippen molar-refractivity contribution >= 4 is 22.8 Å². The summed E-state index contributed by atoms with van der Waals surface area (Å²) in [5.41, 5.74) is 6.33. The Balaban J connectivity index is 1.51. The molecule has 0 amide bonds. The fourth-order valence-corrected chi connectivity index (χ4v) is 4.89. The number of hydrogen-bond acceptors (Lipinski definition) is 5. The van der Waals surface area contributed by atoms with Crippen molar-refractivity contribution in [1.29, 1.82) is 0 Å². The van der Waals surface area contributed by atoms with E-state index in [1.54, 1.807) is 0 Å². The minimum Gasteiger partial charge on any atom is -0.486 e. The highest BCUT2D eigenvalue weighted by molar-refractivity contribution is 6.32. The van der Waals surface area contributed by atoms with Crippen LogP contribution in [0.5, 0.6) is 5.75 Å². The van der Waals surface area contributed by atoms with Crippen molar-refractivity contribution in [3.05, 3.63) is 96.6 Å². The molecule has 6 nitrogen and oxygen atoms in total. The van der Waals surface area contributed by atoms with Gasteiger partial charge < -0.3 is 9.30 Å². The molecule has 0 spiro atoms. The third-order valence-electron chi connectivity index (χ3n) is 6.63. The molecule has 0 unspecified atom stereocenters. The molecular weight excluding hydrogens is 486 g/mol. The van der Waals surface area contributed by atoms with Crippen LogP contribution in [0.1, 0.15) is 43.4 Å². The zero-order chi connectivity index (χ0) is 26.4. The molecule has 0 saturated heterocycles. The first kappa shape index (κ1) is 24.9. The van der Waals surface area contributed by atoms with E-state index in [0.29, 0.717) is 22.7 Å². The number of halogens is 1. The highest BCUT2D eigenvalue weighted by Crippen LogP contribution is 2.35. The Kier molecular flexibility index (Phi) is 6.46. The number of imidazole rings is 1. The molecule has 0 saturated carbocycles. The number of ether oxygens (including phenoxy) is 1. The second-order valence-electron chi connectivity index (χ2n) is 9.55. The summed E-state index contributed by atoms with van der Waals surface area (Å²) in [5, 5.41) is 0.659. The molecule has 0 aliphatic carbocycles. The summed E-state index contributed by atoms with van der Waals surface area (Å²) in [5.74, 6) is 1.11. The van der Waals surface area contributed by atoms with E-state index in [4.69, 9.17) is 26.3 Å². The monoisotopic (exact) mass is 513 g/mol. The van der Waals surface area contributed by atoms with E-state index in [9.17, 15) is 9.59 Å². The zero-order valence-electron chi connectivity index (χ0n) is 21.6. The van der Waals surface area contributed by atoms with E-state index in [2.05, 4.69) is 23.6 Å². The molecule has 37 heavy (non-hydrogen) atoms. The van der Waals surface area contributed by atoms with E-state index in [-0.39, 0.29) is 11.9 Å². The molecule has 188 valence electrons. The van der Waals surface area contributed by atoms with Crippen LogP contribution in [-0.2, 0) is 13.0 Å². The number of aryl methyl sites for hydroxylation is 3. The molecule has 0 radical (unpaired) electrons. The lowest BCUT2D eigenvalue weighted by Gasteiger charge is -2.17. The molecule has 0 bridgehead atoms. The summed E-state index contributed by atoms with van der Waals surface area (Å²) < 4.78 is 7.82. The van der Waals surface area contributed by atoms with Gasteiger partial charge >= 0.3 is 0 Å². The zero-order valence-corrected chi connectivity index (χ0v) is 22.3. The highest BCUT2D eigenvalue weighted by atomic mass is 35.5. The van der Waals surface area contributed by atoms with Gasteiger partial charge in [-0.2, -0.15) is 0 Å². The predicted molar refractivity (Wildman–Crippen MR) is 148 cm³/mol. The van der Waals surface area contributed by atoms with Crippen LogP contribution in [0.15, 0.2) is 58.1 Å². The van der Waals surface area contributed by atoms with Crippen LogP contribution in [0.2, 0.25) is 5.02 Å². The fourth-order valence-electron chi connectivity index (χ4n) is 4.76. The third-order valence-corrected chi connectivity index (χ3v) is 7.19. The molecule has 5 aromatic rings. The predicted octanol–water partition coefficient (Wildman–Crippen LogP) is 6.03. The summed E-state index contributed by atoms with van der Waals surface area (Å²) in [6.07, 6.45) is 0.583. The first-order valence-electron chi connectivity index (χ1n) is 12.4. The van der Waals surface area contributed by atoms with Gasteiger partial charge in [0.2, 0.25) is 5.43 Å². The van der Waals surface area contributed by atoms with Crippen LogP contribution in [0.4, 0.5) is 0 Å². The van der Waals surface area contributed by atoms with Crippen LogP contribution in [0, 0.1) is 13.8 Å². The fraction of sp³-hybridized carbons (Fsp3) is 0.267. The van der Waals surface area contributed by atoms with Gasteiger partial charge in [0.15, 0.2) is 11.4 Å². The molecule has 3 aromatic carbocycles. The molecule has 0 fully saturated rings. The van der Waals surface area contributed by atoms with E-state index >= 15 is 0 Å². The summed E-state index contributed by atoms with van der Waals surface area (Å²) >= 11 is 6.43. The van der Waals surface area contributed by atoms with Crippen molar-refractivity contribution < 1.29 is 4.74 Å². The Morgan fingerprint density at radius 2 is 1.62 bits per heavy atom. The van der Waals surface area contributed by atoms with Gasteiger partial charge in [0.1, 0.15) is 11.3 Å². The highest BCUT2D eigenvalue weighted by Gasteiger charge is 2.26. The van der Waals surface area contributed by atoms with Crippen LogP contribution in [0.3, 0.4) is 0 Å². The number of nitrogens with zero attached hydrogens (tertiary/aromatic N) is 3. The standard InChI is InChI=1S/C30H28ClN3O3/c1-6-23-33-26-17(4)25(31)18(5)32-30(26)34(23)15-19-11-13-20(14-12-19)21-9-7-8-10-22(21)24-27(35)28(36)29(24)37-16(2)3/h7-14,16H,6,15H2,1-5H3. The summed E-state index contributed by atoms with van der Waals surface area (Å²) in [6.45, 7) is 10.3. The molecule has 5 rings (SSSR count). The van der Waals surface area contributed by atoms with E-state index < -0.39 is 10.9 Å². The van der Waals surface area contributed by atoms with Gasteiger partial charge in [0.25, 0.3) is 5.43 Å². The summed E-state index contributed by atoms with van der Waals surface area (Å²) in [7, 11) is 0. The van der Waals surface area contributed by atoms with Crippen molar-refractivity contribution in [3.8, 4) is 28.0 Å². The smallest absolute Gasteiger partial charge is 0.268 e. The van der Waals surface area contributed by atoms with Gasteiger partial charge in [-0.1, -0.05) is 67.1 Å². The maximum atomic E-state index is 12.5. The topological polar surface area (TPSA) is 74.1 Å². The molecule has 0 aliphatic rings. The van der Waals surface area contributed by atoms with Crippen molar-refractivity contribution in [3.63, 3.8) is 0 Å². The minimum absolute atomic E-state index is 0.154. The van der Waals surface area contributed by atoms with Crippen LogP contribution in [0.25, 0.3) is 33.4 Å². The van der Waals surface area contributed by atoms with Gasteiger partial charge in [0.05, 0.1) is 28.9 Å². The lowest BCUT2D eigenvalue weighted by molar-refractivity contribution is 0.238. The second kappa shape index (κ2) is 9.60. The summed E-state index contributed by atoms with van der Waals surface area (Å²) in [6, 6.07) is 15.8. The average Bonchev–Trinajstić information content (AvgIpc) is 3.24.